The van der Waals surface area contributed by atoms with Crippen molar-refractivity contribution in [3.63, 3.8) is 0 Å². The van der Waals surface area contributed by atoms with E-state index in [1.807, 2.05) is 12.4 Å². The smallest absolute Gasteiger partial charge is 0.321 e. The van der Waals surface area contributed by atoms with Gasteiger partial charge in [0.15, 0.2) is 0 Å². The molecule has 1 aromatic carbocycles. The highest BCUT2D eigenvalue weighted by Gasteiger charge is 2.26. The normalized spacial score (nSPS) is 15.3. The van der Waals surface area contributed by atoms with Crippen LogP contribution in [0.3, 0.4) is 0 Å². The Balaban J connectivity index is 1.57. The first-order valence-electron chi connectivity index (χ1n) is 9.10. The number of aromatic nitrogens is 2. The number of nitrogens with one attached hydrogen (secondary N) is 1. The Hall–Kier alpha value is -2.44. The molecular formula is C19H24F2N4O. The monoisotopic (exact) mass is 362 g/mol. The van der Waals surface area contributed by atoms with Crippen LogP contribution < -0.4 is 5.32 Å². The predicted molar refractivity (Wildman–Crippen MR) is 96.1 cm³/mol. The van der Waals surface area contributed by atoms with Crippen LogP contribution in [0, 0.1) is 11.6 Å². The SMILES string of the molecule is CCCCn1ccnc1C1CCN(C(=O)Nc2cc(F)ccc2F)CC1. The molecule has 0 bridgehead atoms. The van der Waals surface area contributed by atoms with Crippen molar-refractivity contribution in [1.29, 1.82) is 0 Å². The van der Waals surface area contributed by atoms with E-state index in [2.05, 4.69) is 21.8 Å². The van der Waals surface area contributed by atoms with Crippen molar-refractivity contribution in [2.75, 3.05) is 18.4 Å². The Morgan fingerprint density at radius 1 is 1.31 bits per heavy atom. The molecule has 1 aliphatic rings. The zero-order chi connectivity index (χ0) is 18.5. The van der Waals surface area contributed by atoms with Crippen molar-refractivity contribution in [1.82, 2.24) is 14.5 Å². The number of likely N-dealkylation sites (tertiary alicyclic amines) is 1. The summed E-state index contributed by atoms with van der Waals surface area (Å²) in [6.45, 7) is 4.25. The average Bonchev–Trinajstić information content (AvgIpc) is 3.11. The molecule has 1 aromatic heterocycles. The van der Waals surface area contributed by atoms with Crippen LogP contribution in [-0.4, -0.2) is 33.6 Å². The number of rotatable bonds is 5. The van der Waals surface area contributed by atoms with Gasteiger partial charge in [0.2, 0.25) is 0 Å². The van der Waals surface area contributed by atoms with Crippen molar-refractivity contribution >= 4 is 11.7 Å². The number of unbranched alkanes of at least 4 members (excludes halogenated alkanes) is 1. The fraction of sp³-hybridized carbons (Fsp3) is 0.474. The van der Waals surface area contributed by atoms with Gasteiger partial charge in [-0.15, -0.1) is 0 Å². The Labute approximate surface area is 152 Å². The second kappa shape index (κ2) is 8.29. The van der Waals surface area contributed by atoms with Crippen molar-refractivity contribution in [3.8, 4) is 0 Å². The zero-order valence-electron chi connectivity index (χ0n) is 14.9. The summed E-state index contributed by atoms with van der Waals surface area (Å²) in [6, 6.07) is 2.62. The number of halogens is 2. The minimum Gasteiger partial charge on any atom is -0.335 e. The van der Waals surface area contributed by atoms with Crippen LogP contribution in [-0.2, 0) is 6.54 Å². The number of amides is 2. The maximum Gasteiger partial charge on any atom is 0.321 e. The molecule has 7 heteroatoms. The largest absolute Gasteiger partial charge is 0.335 e. The molecule has 26 heavy (non-hydrogen) atoms. The third-order valence-electron chi connectivity index (χ3n) is 4.82. The quantitative estimate of drug-likeness (QED) is 0.858. The van der Waals surface area contributed by atoms with Crippen molar-refractivity contribution in [2.24, 2.45) is 0 Å². The fourth-order valence-corrected chi connectivity index (χ4v) is 3.33. The summed E-state index contributed by atoms with van der Waals surface area (Å²) < 4.78 is 29.1. The Kier molecular flexibility index (Phi) is 5.85. The molecule has 0 saturated carbocycles. The molecule has 0 spiro atoms. The van der Waals surface area contributed by atoms with Crippen LogP contribution in [0.1, 0.15) is 44.3 Å². The van der Waals surface area contributed by atoms with E-state index in [4.69, 9.17) is 0 Å². The van der Waals surface area contributed by atoms with E-state index in [1.165, 1.54) is 0 Å². The molecule has 1 saturated heterocycles. The van der Waals surface area contributed by atoms with Gasteiger partial charge in [0, 0.05) is 44.0 Å². The Morgan fingerprint density at radius 2 is 2.08 bits per heavy atom. The van der Waals surface area contributed by atoms with E-state index in [9.17, 15) is 13.6 Å². The van der Waals surface area contributed by atoms with Crippen LogP contribution in [0.25, 0.3) is 0 Å². The predicted octanol–water partition coefficient (Wildman–Crippen LogP) is 4.37. The number of hydrogen-bond acceptors (Lipinski definition) is 2. The third kappa shape index (κ3) is 4.20. The van der Waals surface area contributed by atoms with Gasteiger partial charge in [-0.05, 0) is 31.4 Å². The summed E-state index contributed by atoms with van der Waals surface area (Å²) in [6.07, 6.45) is 7.70. The molecule has 0 radical (unpaired) electrons. The van der Waals surface area contributed by atoms with Gasteiger partial charge in [-0.2, -0.15) is 0 Å². The summed E-state index contributed by atoms with van der Waals surface area (Å²) in [5.41, 5.74) is -0.132. The highest BCUT2D eigenvalue weighted by Crippen LogP contribution is 2.27. The van der Waals surface area contributed by atoms with Crippen LogP contribution in [0.5, 0.6) is 0 Å². The molecule has 2 aromatic rings. The van der Waals surface area contributed by atoms with Crippen LogP contribution in [0.2, 0.25) is 0 Å². The number of nitrogens with zero attached hydrogens (tertiary/aromatic N) is 3. The number of aryl methyl sites for hydroxylation is 1. The molecule has 3 rings (SSSR count). The second-order valence-corrected chi connectivity index (χ2v) is 6.65. The lowest BCUT2D eigenvalue weighted by Gasteiger charge is -2.32. The Bertz CT molecular complexity index is 754. The molecule has 1 aliphatic heterocycles. The minimum absolute atomic E-state index is 0.132. The van der Waals surface area contributed by atoms with Gasteiger partial charge in [0.1, 0.15) is 17.5 Å². The highest BCUT2D eigenvalue weighted by molar-refractivity contribution is 5.89. The molecule has 1 fully saturated rings. The molecule has 2 amide bonds. The van der Waals surface area contributed by atoms with E-state index in [1.54, 1.807) is 4.90 Å². The molecule has 0 aliphatic carbocycles. The number of piperidine rings is 1. The number of urea groups is 1. The van der Waals surface area contributed by atoms with Gasteiger partial charge in [0.25, 0.3) is 0 Å². The first-order chi connectivity index (χ1) is 12.6. The third-order valence-corrected chi connectivity index (χ3v) is 4.82. The molecule has 0 atom stereocenters. The van der Waals surface area contributed by atoms with Crippen LogP contribution in [0.15, 0.2) is 30.6 Å². The number of hydrogen-bond donors (Lipinski definition) is 1. The van der Waals surface area contributed by atoms with Gasteiger partial charge in [0.05, 0.1) is 5.69 Å². The van der Waals surface area contributed by atoms with Crippen molar-refractivity contribution < 1.29 is 13.6 Å². The van der Waals surface area contributed by atoms with E-state index < -0.39 is 17.7 Å². The number of benzene rings is 1. The van der Waals surface area contributed by atoms with Gasteiger partial charge < -0.3 is 14.8 Å². The van der Waals surface area contributed by atoms with Gasteiger partial charge >= 0.3 is 6.03 Å². The lowest BCUT2D eigenvalue weighted by Crippen LogP contribution is -2.41. The summed E-state index contributed by atoms with van der Waals surface area (Å²) in [5.74, 6) is 0.165. The number of imidazole rings is 1. The molecular weight excluding hydrogens is 338 g/mol. The minimum atomic E-state index is -0.646. The lowest BCUT2D eigenvalue weighted by molar-refractivity contribution is 0.192. The van der Waals surface area contributed by atoms with E-state index in [0.717, 1.165) is 56.3 Å². The van der Waals surface area contributed by atoms with E-state index in [0.29, 0.717) is 19.0 Å². The summed E-state index contributed by atoms with van der Waals surface area (Å²) in [7, 11) is 0. The molecule has 140 valence electrons. The number of carbonyl (C=O) groups excluding carboxylic acids is 1. The summed E-state index contributed by atoms with van der Waals surface area (Å²) in [4.78, 5) is 18.5. The topological polar surface area (TPSA) is 50.2 Å². The standard InChI is InChI=1S/C19H24F2N4O/c1-2-3-9-24-12-8-22-18(24)14-6-10-25(11-7-14)19(26)23-17-13-15(20)4-5-16(17)21/h4-5,8,12-14H,2-3,6-7,9-11H2,1H3,(H,23,26). The second-order valence-electron chi connectivity index (χ2n) is 6.65. The average molecular weight is 362 g/mol. The van der Waals surface area contributed by atoms with Crippen LogP contribution in [0.4, 0.5) is 19.3 Å². The first-order valence-corrected chi connectivity index (χ1v) is 9.10. The van der Waals surface area contributed by atoms with Crippen LogP contribution >= 0.6 is 0 Å². The maximum absolute atomic E-state index is 13.7. The van der Waals surface area contributed by atoms with Crippen molar-refractivity contribution in [3.05, 3.63) is 48.1 Å². The van der Waals surface area contributed by atoms with E-state index >= 15 is 0 Å². The zero-order valence-corrected chi connectivity index (χ0v) is 14.9. The van der Waals surface area contributed by atoms with Gasteiger partial charge in [-0.3, -0.25) is 0 Å². The molecule has 1 N–H and O–H groups in total. The van der Waals surface area contributed by atoms with Gasteiger partial charge in [-0.1, -0.05) is 13.3 Å². The number of carbonyl (C=O) groups is 1. The fourth-order valence-electron chi connectivity index (χ4n) is 3.33. The number of anilines is 1. The highest BCUT2D eigenvalue weighted by atomic mass is 19.1. The molecule has 2 heterocycles. The Morgan fingerprint density at radius 3 is 2.81 bits per heavy atom. The summed E-state index contributed by atoms with van der Waals surface area (Å²) in [5, 5.41) is 2.46. The van der Waals surface area contributed by atoms with Gasteiger partial charge in [-0.25, -0.2) is 18.6 Å². The summed E-state index contributed by atoms with van der Waals surface area (Å²) >= 11 is 0. The molecule has 5 nitrogen and oxygen atoms in total. The lowest BCUT2D eigenvalue weighted by atomic mass is 9.96. The van der Waals surface area contributed by atoms with E-state index in [-0.39, 0.29) is 5.69 Å². The maximum atomic E-state index is 13.7. The molecule has 0 unspecified atom stereocenters. The first kappa shape index (κ1) is 18.4. The van der Waals surface area contributed by atoms with Crippen molar-refractivity contribution in [2.45, 2.75) is 45.1 Å².